The Balaban J connectivity index is 1.51. The van der Waals surface area contributed by atoms with E-state index in [4.69, 9.17) is 0 Å². The highest BCUT2D eigenvalue weighted by Crippen LogP contribution is 2.35. The van der Waals surface area contributed by atoms with Crippen molar-refractivity contribution in [2.45, 2.75) is 25.7 Å². The second-order valence-electron chi connectivity index (χ2n) is 7.13. The number of hydrogen-bond acceptors (Lipinski definition) is 3. The average molecular weight is 350 g/mol. The highest BCUT2D eigenvalue weighted by atomic mass is 16.2. The first kappa shape index (κ1) is 16.9. The van der Waals surface area contributed by atoms with Crippen molar-refractivity contribution in [3.63, 3.8) is 0 Å². The van der Waals surface area contributed by atoms with Crippen molar-refractivity contribution in [3.8, 4) is 0 Å². The van der Waals surface area contributed by atoms with Gasteiger partial charge in [-0.3, -0.25) is 9.88 Å². The van der Waals surface area contributed by atoms with Crippen molar-refractivity contribution in [3.05, 3.63) is 54.4 Å². The van der Waals surface area contributed by atoms with Gasteiger partial charge in [-0.1, -0.05) is 25.1 Å². The fraction of sp³-hybridized carbons (Fsp3) is 0.429. The van der Waals surface area contributed by atoms with Crippen LogP contribution in [0.15, 0.2) is 48.8 Å². The van der Waals surface area contributed by atoms with E-state index in [0.29, 0.717) is 5.92 Å². The number of aromatic nitrogens is 1. The van der Waals surface area contributed by atoms with E-state index < -0.39 is 0 Å². The smallest absolute Gasteiger partial charge is 0.324 e. The van der Waals surface area contributed by atoms with Crippen LogP contribution in [0.5, 0.6) is 0 Å². The van der Waals surface area contributed by atoms with E-state index in [0.717, 1.165) is 51.3 Å². The summed E-state index contributed by atoms with van der Waals surface area (Å²) >= 11 is 0. The van der Waals surface area contributed by atoms with E-state index in [2.05, 4.69) is 41.1 Å². The Morgan fingerprint density at radius 2 is 1.96 bits per heavy atom. The molecule has 1 atom stereocenters. The molecule has 1 aromatic heterocycles. The molecule has 1 aromatic carbocycles. The van der Waals surface area contributed by atoms with E-state index >= 15 is 0 Å². The molecular weight excluding hydrogens is 324 g/mol. The molecule has 0 spiro atoms. The largest absolute Gasteiger partial charge is 0.368 e. The number of carbonyl (C=O) groups is 1. The second-order valence-corrected chi connectivity index (χ2v) is 7.13. The Morgan fingerprint density at radius 3 is 2.73 bits per heavy atom. The van der Waals surface area contributed by atoms with E-state index in [1.165, 1.54) is 11.3 Å². The number of pyridine rings is 1. The summed E-state index contributed by atoms with van der Waals surface area (Å²) in [6.45, 7) is 6.48. The van der Waals surface area contributed by atoms with Crippen LogP contribution < -0.4 is 9.80 Å². The molecular formula is C21H26N4O. The summed E-state index contributed by atoms with van der Waals surface area (Å²) in [7, 11) is 0. The molecule has 0 N–H and O–H groups in total. The number of fused-ring (bicyclic) bond motifs is 1. The molecule has 0 bridgehead atoms. The summed E-state index contributed by atoms with van der Waals surface area (Å²) in [6, 6.07) is 12.5. The molecule has 2 aliphatic heterocycles. The minimum Gasteiger partial charge on any atom is -0.368 e. The highest BCUT2D eigenvalue weighted by Gasteiger charge is 2.33. The molecule has 5 nitrogen and oxygen atoms in total. The number of likely N-dealkylation sites (tertiary alicyclic amines) is 1. The molecule has 2 aliphatic rings. The fourth-order valence-electron chi connectivity index (χ4n) is 4.12. The molecule has 5 heteroatoms. The lowest BCUT2D eigenvalue weighted by Crippen LogP contribution is -2.49. The van der Waals surface area contributed by atoms with Gasteiger partial charge in [0.05, 0.1) is 11.4 Å². The molecule has 0 saturated carbocycles. The van der Waals surface area contributed by atoms with E-state index in [1.54, 1.807) is 6.20 Å². The third kappa shape index (κ3) is 3.14. The van der Waals surface area contributed by atoms with Gasteiger partial charge in [0, 0.05) is 51.0 Å². The van der Waals surface area contributed by atoms with Crippen LogP contribution in [0.1, 0.15) is 31.2 Å². The maximum absolute atomic E-state index is 13.2. The van der Waals surface area contributed by atoms with Crippen molar-refractivity contribution in [1.29, 1.82) is 0 Å². The number of hydrogen-bond donors (Lipinski definition) is 0. The maximum atomic E-state index is 13.2. The van der Waals surface area contributed by atoms with Gasteiger partial charge in [0.25, 0.3) is 0 Å². The lowest BCUT2D eigenvalue weighted by molar-refractivity contribution is 0.214. The van der Waals surface area contributed by atoms with Crippen molar-refractivity contribution < 1.29 is 4.79 Å². The van der Waals surface area contributed by atoms with Crippen LogP contribution in [0.4, 0.5) is 16.2 Å². The lowest BCUT2D eigenvalue weighted by Gasteiger charge is -2.39. The van der Waals surface area contributed by atoms with Crippen LogP contribution >= 0.6 is 0 Å². The first-order valence-electron chi connectivity index (χ1n) is 9.58. The molecule has 2 amide bonds. The van der Waals surface area contributed by atoms with Gasteiger partial charge in [0.15, 0.2) is 0 Å². The maximum Gasteiger partial charge on any atom is 0.324 e. The van der Waals surface area contributed by atoms with Gasteiger partial charge in [-0.15, -0.1) is 0 Å². The predicted molar refractivity (Wildman–Crippen MR) is 105 cm³/mol. The standard InChI is InChI=1S/C21H26N4O/c1-2-11-23-13-14-25(20-8-4-3-7-19(20)23)21(26)24-12-9-18(16-24)17-6-5-10-22-15-17/h3-8,10,15,18H,2,9,11-14,16H2,1H3. The van der Waals surface area contributed by atoms with Crippen molar-refractivity contribution in [2.75, 3.05) is 42.5 Å². The van der Waals surface area contributed by atoms with Crippen molar-refractivity contribution in [1.82, 2.24) is 9.88 Å². The summed E-state index contributed by atoms with van der Waals surface area (Å²) in [4.78, 5) is 23.8. The fourth-order valence-corrected chi connectivity index (χ4v) is 4.12. The number of carbonyl (C=O) groups excluding carboxylic acids is 1. The normalized spacial score (nSPS) is 19.6. The van der Waals surface area contributed by atoms with Gasteiger partial charge >= 0.3 is 6.03 Å². The third-order valence-corrected chi connectivity index (χ3v) is 5.45. The summed E-state index contributed by atoms with van der Waals surface area (Å²) in [5, 5.41) is 0. The topological polar surface area (TPSA) is 39.7 Å². The number of benzene rings is 1. The van der Waals surface area contributed by atoms with E-state index in [1.807, 2.05) is 28.1 Å². The molecule has 2 aromatic rings. The molecule has 1 fully saturated rings. The van der Waals surface area contributed by atoms with Gasteiger partial charge < -0.3 is 9.80 Å². The Bertz CT molecular complexity index is 764. The van der Waals surface area contributed by atoms with Crippen molar-refractivity contribution >= 4 is 17.4 Å². The number of para-hydroxylation sites is 2. The minimum absolute atomic E-state index is 0.139. The first-order valence-corrected chi connectivity index (χ1v) is 9.58. The number of anilines is 2. The lowest BCUT2D eigenvalue weighted by atomic mass is 10.0. The SMILES string of the molecule is CCCN1CCN(C(=O)N2CCC(c3cccnc3)C2)c2ccccc21. The van der Waals surface area contributed by atoms with Crippen LogP contribution in [-0.2, 0) is 0 Å². The molecule has 0 aliphatic carbocycles. The summed E-state index contributed by atoms with van der Waals surface area (Å²) < 4.78 is 0. The Morgan fingerprint density at radius 1 is 1.12 bits per heavy atom. The number of urea groups is 1. The highest BCUT2D eigenvalue weighted by molar-refractivity contribution is 5.97. The molecule has 1 unspecified atom stereocenters. The first-order chi connectivity index (χ1) is 12.8. The van der Waals surface area contributed by atoms with Crippen LogP contribution in [0.3, 0.4) is 0 Å². The van der Waals surface area contributed by atoms with E-state index in [9.17, 15) is 4.79 Å². The Hall–Kier alpha value is -2.56. The van der Waals surface area contributed by atoms with Crippen LogP contribution in [-0.4, -0.2) is 48.6 Å². The zero-order valence-corrected chi connectivity index (χ0v) is 15.3. The van der Waals surface area contributed by atoms with Gasteiger partial charge in [-0.2, -0.15) is 0 Å². The monoisotopic (exact) mass is 350 g/mol. The molecule has 3 heterocycles. The summed E-state index contributed by atoms with van der Waals surface area (Å²) in [5.41, 5.74) is 3.45. The van der Waals surface area contributed by atoms with Gasteiger partial charge in [0.2, 0.25) is 0 Å². The number of amides is 2. The minimum atomic E-state index is 0.139. The quantitative estimate of drug-likeness (QED) is 0.847. The van der Waals surface area contributed by atoms with Crippen LogP contribution in [0.2, 0.25) is 0 Å². The summed E-state index contributed by atoms with van der Waals surface area (Å²) in [6.07, 6.45) is 5.85. The van der Waals surface area contributed by atoms with E-state index in [-0.39, 0.29) is 6.03 Å². The van der Waals surface area contributed by atoms with Gasteiger partial charge in [-0.05, 0) is 36.6 Å². The zero-order chi connectivity index (χ0) is 17.9. The number of nitrogens with zero attached hydrogens (tertiary/aromatic N) is 4. The average Bonchev–Trinajstić information content (AvgIpc) is 3.19. The molecule has 136 valence electrons. The Kier molecular flexibility index (Phi) is 4.78. The Labute approximate surface area is 155 Å². The molecule has 4 rings (SSSR count). The molecule has 26 heavy (non-hydrogen) atoms. The van der Waals surface area contributed by atoms with Crippen molar-refractivity contribution in [2.24, 2.45) is 0 Å². The zero-order valence-electron chi connectivity index (χ0n) is 15.3. The third-order valence-electron chi connectivity index (χ3n) is 5.45. The van der Waals surface area contributed by atoms with Crippen LogP contribution in [0, 0.1) is 0 Å². The van der Waals surface area contributed by atoms with Gasteiger partial charge in [-0.25, -0.2) is 4.79 Å². The number of rotatable bonds is 3. The second kappa shape index (κ2) is 7.36. The predicted octanol–water partition coefficient (Wildman–Crippen LogP) is 3.73. The molecule has 0 radical (unpaired) electrons. The molecule has 1 saturated heterocycles. The van der Waals surface area contributed by atoms with Gasteiger partial charge in [0.1, 0.15) is 0 Å². The summed E-state index contributed by atoms with van der Waals surface area (Å²) in [5.74, 6) is 0.393. The van der Waals surface area contributed by atoms with Crippen LogP contribution in [0.25, 0.3) is 0 Å².